The van der Waals surface area contributed by atoms with Crippen molar-refractivity contribution in [1.29, 1.82) is 0 Å². The summed E-state index contributed by atoms with van der Waals surface area (Å²) in [6, 6.07) is 39.5. The zero-order chi connectivity index (χ0) is 44.3. The van der Waals surface area contributed by atoms with Gasteiger partial charge < -0.3 is 9.47 Å². The van der Waals surface area contributed by atoms with Crippen molar-refractivity contribution in [2.45, 2.75) is 82.2 Å². The molecule has 2 aliphatic rings. The summed E-state index contributed by atoms with van der Waals surface area (Å²) in [6.45, 7) is 7.20. The van der Waals surface area contributed by atoms with Gasteiger partial charge in [0.25, 0.3) is 15.7 Å². The number of amidine groups is 1. The summed E-state index contributed by atoms with van der Waals surface area (Å²) in [5.41, 5.74) is 5.28. The van der Waals surface area contributed by atoms with Crippen LogP contribution in [0.25, 0.3) is 11.1 Å². The maximum absolute atomic E-state index is 15.1. The van der Waals surface area contributed by atoms with Crippen LogP contribution in [-0.2, 0) is 26.8 Å². The van der Waals surface area contributed by atoms with Crippen molar-refractivity contribution in [2.24, 2.45) is 10.9 Å². The van der Waals surface area contributed by atoms with Crippen molar-refractivity contribution < 1.29 is 18.1 Å². The summed E-state index contributed by atoms with van der Waals surface area (Å²) >= 11 is 3.52. The maximum atomic E-state index is 15.1. The minimum Gasteiger partial charge on any atom is -0.341 e. The second-order valence-corrected chi connectivity index (χ2v) is 19.0. The van der Waals surface area contributed by atoms with Crippen LogP contribution in [0.3, 0.4) is 0 Å². The highest BCUT2D eigenvalue weighted by atomic mass is 79.9. The fourth-order valence-corrected chi connectivity index (χ4v) is 11.9. The van der Waals surface area contributed by atoms with Gasteiger partial charge in [-0.1, -0.05) is 139 Å². The van der Waals surface area contributed by atoms with Crippen molar-refractivity contribution in [3.8, 4) is 11.1 Å². The van der Waals surface area contributed by atoms with Crippen LogP contribution in [-0.4, -0.2) is 63.0 Å². The van der Waals surface area contributed by atoms with E-state index in [1.54, 1.807) is 18.2 Å². The van der Waals surface area contributed by atoms with E-state index in [-0.39, 0.29) is 40.9 Å². The van der Waals surface area contributed by atoms with Crippen LogP contribution in [0.2, 0.25) is 0 Å². The number of nitrogens with zero attached hydrogens (tertiary/aromatic N) is 6. The first-order valence-corrected chi connectivity index (χ1v) is 23.9. The van der Waals surface area contributed by atoms with Crippen LogP contribution in [0.5, 0.6) is 0 Å². The molecule has 1 fully saturated rings. The minimum atomic E-state index is -4.36. The van der Waals surface area contributed by atoms with E-state index in [4.69, 9.17) is 9.98 Å². The standard InChI is InChI=1S/C50H51BrN6O5S/c1-4-36-27-29-54(30-28-36)49(58)45(56-47(5-2)53-48-43(32-41(51)33-46(48)63(56,61)62)37-17-15-24-42(31-37)57(59)60)26-16-25-44-35(3)55(34-52-44)50(38-18-9-6-10-19-38,39-20-11-7-12-21-39)40-22-13-8-14-23-40/h6-15,17-24,31-34,36,45H,4-5,16,25-30H2,1-3H3/t45-/m0/s1. The Labute approximate surface area is 377 Å². The number of imidazole rings is 1. The van der Waals surface area contributed by atoms with Crippen molar-refractivity contribution in [2.75, 3.05) is 13.1 Å². The van der Waals surface area contributed by atoms with Crippen molar-refractivity contribution in [3.63, 3.8) is 0 Å². The van der Waals surface area contributed by atoms with Gasteiger partial charge >= 0.3 is 0 Å². The summed E-state index contributed by atoms with van der Waals surface area (Å²) < 4.78 is 34.3. The molecule has 1 amide bonds. The van der Waals surface area contributed by atoms with E-state index < -0.39 is 26.5 Å². The molecule has 63 heavy (non-hydrogen) atoms. The number of non-ortho nitro benzene ring substituents is 1. The van der Waals surface area contributed by atoms with E-state index in [9.17, 15) is 14.9 Å². The molecular weight excluding hydrogens is 877 g/mol. The molecule has 13 heteroatoms. The number of benzene rings is 5. The highest BCUT2D eigenvalue weighted by molar-refractivity contribution is 9.10. The van der Waals surface area contributed by atoms with Gasteiger partial charge in [-0.05, 0) is 79.3 Å². The summed E-state index contributed by atoms with van der Waals surface area (Å²) in [4.78, 5) is 37.9. The number of likely N-dealkylation sites (tertiary alicyclic amines) is 1. The predicted octanol–water partition coefficient (Wildman–Crippen LogP) is 10.9. The summed E-state index contributed by atoms with van der Waals surface area (Å²) in [7, 11) is -4.36. The van der Waals surface area contributed by atoms with Crippen LogP contribution in [0, 0.1) is 23.0 Å². The van der Waals surface area contributed by atoms with Crippen molar-refractivity contribution in [1.82, 2.24) is 18.8 Å². The lowest BCUT2D eigenvalue weighted by molar-refractivity contribution is -0.384. The number of aromatic nitrogens is 2. The van der Waals surface area contributed by atoms with Gasteiger partial charge in [-0.25, -0.2) is 22.7 Å². The van der Waals surface area contributed by atoms with E-state index in [0.29, 0.717) is 47.4 Å². The Kier molecular flexibility index (Phi) is 12.8. The number of amides is 1. The number of aryl methyl sites for hydroxylation is 1. The smallest absolute Gasteiger partial charge is 0.270 e. The normalized spacial score (nSPS) is 15.7. The lowest BCUT2D eigenvalue weighted by atomic mass is 9.76. The number of aliphatic imine (C=N–C) groups is 1. The van der Waals surface area contributed by atoms with Gasteiger partial charge in [-0.2, -0.15) is 0 Å². The monoisotopic (exact) mass is 926 g/mol. The zero-order valence-corrected chi connectivity index (χ0v) is 38.1. The van der Waals surface area contributed by atoms with Crippen molar-refractivity contribution in [3.05, 3.63) is 176 Å². The molecule has 1 atom stereocenters. The lowest BCUT2D eigenvalue weighted by Crippen LogP contribution is -2.55. The number of nitro benzene ring substituents is 1. The Hall–Kier alpha value is -5.92. The largest absolute Gasteiger partial charge is 0.341 e. The second kappa shape index (κ2) is 18.4. The summed E-state index contributed by atoms with van der Waals surface area (Å²) in [5.74, 6) is 0.533. The molecule has 0 spiro atoms. The van der Waals surface area contributed by atoms with Crippen LogP contribution in [0.15, 0.2) is 148 Å². The molecule has 1 saturated heterocycles. The second-order valence-electron chi connectivity index (χ2n) is 16.3. The van der Waals surface area contributed by atoms with Gasteiger partial charge in [0, 0.05) is 47.4 Å². The Bertz CT molecular complexity index is 2660. The SMILES string of the molecule is CCC1=Nc2c(-c3cccc([N+](=O)[O-])c3)cc(Br)cc2S(=O)(=O)N1[C@@H](CCCc1ncn(C(c2ccccc2)(c2ccccc2)c2ccccc2)c1C)C(=O)N1CCC(CC)CC1. The van der Waals surface area contributed by atoms with Crippen LogP contribution < -0.4 is 0 Å². The Morgan fingerprint density at radius 3 is 2.03 bits per heavy atom. The number of nitro groups is 1. The summed E-state index contributed by atoms with van der Waals surface area (Å²) in [5, 5.41) is 11.7. The van der Waals surface area contributed by atoms with E-state index in [0.717, 1.165) is 47.3 Å². The Morgan fingerprint density at radius 2 is 1.48 bits per heavy atom. The minimum absolute atomic E-state index is 0.0632. The van der Waals surface area contributed by atoms with Crippen LogP contribution in [0.4, 0.5) is 11.4 Å². The average Bonchev–Trinajstić information content (AvgIpc) is 3.68. The highest BCUT2D eigenvalue weighted by Crippen LogP contribution is 2.45. The fraction of sp³-hybridized carbons (Fsp3) is 0.300. The third-order valence-electron chi connectivity index (χ3n) is 12.8. The summed E-state index contributed by atoms with van der Waals surface area (Å²) in [6.07, 6.45) is 6.10. The first-order chi connectivity index (χ1) is 30.5. The van der Waals surface area contributed by atoms with Crippen LogP contribution >= 0.6 is 15.9 Å². The van der Waals surface area contributed by atoms with E-state index >= 15 is 8.42 Å². The van der Waals surface area contributed by atoms with E-state index in [1.165, 1.54) is 22.5 Å². The molecule has 0 unspecified atom stereocenters. The number of hydrogen-bond acceptors (Lipinski definition) is 7. The zero-order valence-electron chi connectivity index (χ0n) is 35.7. The highest BCUT2D eigenvalue weighted by Gasteiger charge is 2.44. The number of rotatable bonds is 14. The van der Waals surface area contributed by atoms with Gasteiger partial charge in [0.2, 0.25) is 5.91 Å². The number of carbonyl (C=O) groups excluding carboxylic acids is 1. The molecule has 0 saturated carbocycles. The predicted molar refractivity (Wildman–Crippen MR) is 251 cm³/mol. The number of sulfonamides is 1. The molecule has 0 bridgehead atoms. The Balaban J connectivity index is 1.17. The van der Waals surface area contributed by atoms with Gasteiger partial charge in [-0.3, -0.25) is 14.9 Å². The number of carbonyl (C=O) groups is 1. The molecule has 0 aliphatic carbocycles. The molecule has 324 valence electrons. The molecule has 8 rings (SSSR count). The molecule has 3 heterocycles. The first kappa shape index (κ1) is 43.7. The third-order valence-corrected chi connectivity index (χ3v) is 15.1. The number of fused-ring (bicyclic) bond motifs is 1. The van der Waals surface area contributed by atoms with E-state index in [2.05, 4.69) is 107 Å². The van der Waals surface area contributed by atoms with Gasteiger partial charge in [0.1, 0.15) is 22.3 Å². The molecule has 5 aromatic carbocycles. The Morgan fingerprint density at radius 1 is 0.873 bits per heavy atom. The molecule has 1 aromatic heterocycles. The number of halogens is 1. The van der Waals surface area contributed by atoms with Gasteiger partial charge in [0.15, 0.2) is 0 Å². The molecule has 0 radical (unpaired) electrons. The quantitative estimate of drug-likeness (QED) is 0.0607. The van der Waals surface area contributed by atoms with Gasteiger partial charge in [0.05, 0.1) is 22.6 Å². The molecule has 11 nitrogen and oxygen atoms in total. The van der Waals surface area contributed by atoms with Crippen LogP contribution in [0.1, 0.15) is 80.5 Å². The van der Waals surface area contributed by atoms with Gasteiger partial charge in [-0.15, -0.1) is 0 Å². The molecule has 0 N–H and O–H groups in total. The number of piperidine rings is 1. The first-order valence-electron chi connectivity index (χ1n) is 21.7. The molecule has 2 aliphatic heterocycles. The van der Waals surface area contributed by atoms with Crippen molar-refractivity contribution >= 4 is 49.1 Å². The number of hydrogen-bond donors (Lipinski definition) is 0. The van der Waals surface area contributed by atoms with E-state index in [1.807, 2.05) is 36.4 Å². The average molecular weight is 928 g/mol. The maximum Gasteiger partial charge on any atom is 0.270 e. The third kappa shape index (κ3) is 8.24. The topological polar surface area (TPSA) is 131 Å². The fourth-order valence-electron chi connectivity index (χ4n) is 9.46. The lowest BCUT2D eigenvalue weighted by Gasteiger charge is -2.40. The molecule has 6 aromatic rings. The molecular formula is C50H51BrN6O5S.